The van der Waals surface area contributed by atoms with E-state index in [9.17, 15) is 9.59 Å². The highest BCUT2D eigenvalue weighted by atomic mass is 32.1. The second kappa shape index (κ2) is 6.84. The van der Waals surface area contributed by atoms with Gasteiger partial charge in [-0.2, -0.15) is 0 Å². The molecule has 26 heavy (non-hydrogen) atoms. The number of ether oxygens (including phenoxy) is 1. The highest BCUT2D eigenvalue weighted by Gasteiger charge is 2.25. The Morgan fingerprint density at radius 2 is 2.00 bits per heavy atom. The Morgan fingerprint density at radius 3 is 2.69 bits per heavy atom. The summed E-state index contributed by atoms with van der Waals surface area (Å²) in [5.41, 5.74) is 0.685. The zero-order valence-electron chi connectivity index (χ0n) is 14.3. The zero-order valence-corrected chi connectivity index (χ0v) is 15.1. The summed E-state index contributed by atoms with van der Waals surface area (Å²) in [4.78, 5) is 29.1. The van der Waals surface area contributed by atoms with Gasteiger partial charge in [0.2, 0.25) is 5.43 Å². The van der Waals surface area contributed by atoms with Gasteiger partial charge in [0.05, 0.1) is 19.1 Å². The summed E-state index contributed by atoms with van der Waals surface area (Å²) in [5.74, 6) is 0.916. The van der Waals surface area contributed by atoms with Crippen LogP contribution in [0.5, 0.6) is 5.75 Å². The Morgan fingerprint density at radius 1 is 1.19 bits per heavy atom. The Kier molecular flexibility index (Phi) is 4.38. The van der Waals surface area contributed by atoms with E-state index < -0.39 is 0 Å². The third-order valence-electron chi connectivity index (χ3n) is 4.60. The molecule has 134 valence electrons. The normalized spacial score (nSPS) is 14.7. The van der Waals surface area contributed by atoms with E-state index in [-0.39, 0.29) is 11.3 Å². The molecule has 3 heterocycles. The molecule has 7 heteroatoms. The first-order valence-electron chi connectivity index (χ1n) is 8.34. The van der Waals surface area contributed by atoms with E-state index in [0.717, 1.165) is 4.70 Å². The van der Waals surface area contributed by atoms with Crippen LogP contribution < -0.4 is 15.1 Å². The number of rotatable bonds is 3. The fourth-order valence-electron chi connectivity index (χ4n) is 3.15. The van der Waals surface area contributed by atoms with Gasteiger partial charge in [0, 0.05) is 41.6 Å². The first kappa shape index (κ1) is 16.7. The van der Waals surface area contributed by atoms with Crippen molar-refractivity contribution in [1.82, 2.24) is 4.90 Å². The minimum Gasteiger partial charge on any atom is -0.497 e. The quantitative estimate of drug-likeness (QED) is 0.709. The molecule has 0 radical (unpaired) electrons. The number of fused-ring (bicyclic) bond motifs is 1. The van der Waals surface area contributed by atoms with Crippen molar-refractivity contribution in [3.8, 4) is 5.75 Å². The fourth-order valence-corrected chi connectivity index (χ4v) is 4.07. The average Bonchev–Trinajstić information content (AvgIpc) is 3.22. The number of hydrogen-bond donors (Lipinski definition) is 0. The maximum atomic E-state index is 12.9. The molecule has 0 aliphatic carbocycles. The minimum absolute atomic E-state index is 0.00320. The third kappa shape index (κ3) is 2.94. The van der Waals surface area contributed by atoms with E-state index in [1.54, 1.807) is 41.5 Å². The largest absolute Gasteiger partial charge is 0.497 e. The van der Waals surface area contributed by atoms with Gasteiger partial charge in [-0.1, -0.05) is 0 Å². The number of carbonyl (C=O) groups excluding carboxylic acids is 1. The Hall–Kier alpha value is -2.80. The first-order chi connectivity index (χ1) is 12.7. The van der Waals surface area contributed by atoms with Crippen LogP contribution in [-0.4, -0.2) is 44.1 Å². The van der Waals surface area contributed by atoms with Crippen LogP contribution in [0.1, 0.15) is 10.6 Å². The lowest BCUT2D eigenvalue weighted by Gasteiger charge is -2.35. The second-order valence-electron chi connectivity index (χ2n) is 6.07. The predicted molar refractivity (Wildman–Crippen MR) is 101 cm³/mol. The number of nitrogens with zero attached hydrogens (tertiary/aromatic N) is 2. The highest BCUT2D eigenvalue weighted by molar-refractivity contribution is 7.16. The molecule has 1 saturated heterocycles. The van der Waals surface area contributed by atoms with E-state index in [1.165, 1.54) is 6.26 Å². The van der Waals surface area contributed by atoms with Gasteiger partial charge in [0.1, 0.15) is 5.75 Å². The van der Waals surface area contributed by atoms with Gasteiger partial charge in [-0.05, 0) is 30.3 Å². The second-order valence-corrected chi connectivity index (χ2v) is 6.98. The van der Waals surface area contributed by atoms with Gasteiger partial charge in [0.15, 0.2) is 5.76 Å². The molecule has 1 amide bonds. The van der Waals surface area contributed by atoms with Crippen molar-refractivity contribution < 1.29 is 13.9 Å². The minimum atomic E-state index is -0.108. The molecule has 0 atom stereocenters. The van der Waals surface area contributed by atoms with Crippen molar-refractivity contribution in [2.45, 2.75) is 0 Å². The van der Waals surface area contributed by atoms with Crippen LogP contribution in [0.4, 0.5) is 5.69 Å². The lowest BCUT2D eigenvalue weighted by atomic mass is 10.2. The number of furan rings is 1. The van der Waals surface area contributed by atoms with Gasteiger partial charge in [0.25, 0.3) is 5.91 Å². The molecule has 0 spiro atoms. The van der Waals surface area contributed by atoms with Crippen LogP contribution in [0, 0.1) is 0 Å². The zero-order chi connectivity index (χ0) is 18.1. The summed E-state index contributed by atoms with van der Waals surface area (Å²) < 4.78 is 11.4. The maximum absolute atomic E-state index is 12.9. The SMILES string of the molecule is COc1ccc2scc(N3CCN(C(=O)c4ccco4)CC3)c(=O)c2c1. The van der Waals surface area contributed by atoms with E-state index in [0.29, 0.717) is 48.8 Å². The van der Waals surface area contributed by atoms with Crippen LogP contribution in [-0.2, 0) is 0 Å². The highest BCUT2D eigenvalue weighted by Crippen LogP contribution is 2.25. The summed E-state index contributed by atoms with van der Waals surface area (Å²) in [6, 6.07) is 8.93. The number of hydrogen-bond acceptors (Lipinski definition) is 6. The van der Waals surface area contributed by atoms with E-state index in [4.69, 9.17) is 9.15 Å². The maximum Gasteiger partial charge on any atom is 0.289 e. The molecule has 0 N–H and O–H groups in total. The molecule has 1 aromatic carbocycles. The number of piperazine rings is 1. The monoisotopic (exact) mass is 370 g/mol. The van der Waals surface area contributed by atoms with Crippen molar-refractivity contribution >= 4 is 33.0 Å². The van der Waals surface area contributed by atoms with Gasteiger partial charge in [-0.3, -0.25) is 9.59 Å². The topological polar surface area (TPSA) is 63.0 Å². The smallest absolute Gasteiger partial charge is 0.289 e. The van der Waals surface area contributed by atoms with Crippen molar-refractivity contribution in [2.75, 3.05) is 38.2 Å². The molecule has 0 saturated carbocycles. The molecule has 3 aromatic rings. The van der Waals surface area contributed by atoms with Crippen LogP contribution in [0.15, 0.2) is 51.2 Å². The molecule has 1 fully saturated rings. The van der Waals surface area contributed by atoms with E-state index >= 15 is 0 Å². The summed E-state index contributed by atoms with van der Waals surface area (Å²) in [5, 5.41) is 2.57. The predicted octanol–water partition coefficient (Wildman–Crippen LogP) is 2.83. The number of benzene rings is 1. The Balaban J connectivity index is 1.55. The van der Waals surface area contributed by atoms with Crippen LogP contribution in [0.25, 0.3) is 10.1 Å². The van der Waals surface area contributed by atoms with Gasteiger partial charge < -0.3 is 19.0 Å². The summed E-state index contributed by atoms with van der Waals surface area (Å²) in [7, 11) is 1.59. The molecule has 2 aromatic heterocycles. The van der Waals surface area contributed by atoms with Crippen molar-refractivity contribution in [3.63, 3.8) is 0 Å². The van der Waals surface area contributed by atoms with E-state index in [1.807, 2.05) is 22.4 Å². The Labute approximate surface area is 154 Å². The Bertz CT molecular complexity index is 988. The molecule has 1 aliphatic rings. The van der Waals surface area contributed by atoms with Gasteiger partial charge >= 0.3 is 0 Å². The van der Waals surface area contributed by atoms with Crippen LogP contribution in [0.2, 0.25) is 0 Å². The fraction of sp³-hybridized carbons (Fsp3) is 0.263. The van der Waals surface area contributed by atoms with Gasteiger partial charge in [-0.15, -0.1) is 11.3 Å². The first-order valence-corrected chi connectivity index (χ1v) is 9.22. The van der Waals surface area contributed by atoms with Crippen molar-refractivity contribution in [2.24, 2.45) is 0 Å². The average molecular weight is 370 g/mol. The molecule has 1 aliphatic heterocycles. The molecule has 4 rings (SSSR count). The number of amides is 1. The molecular weight excluding hydrogens is 352 g/mol. The standard InChI is InChI=1S/C19H18N2O4S/c1-24-13-4-5-17-14(11-13)18(22)15(12-26-17)20-6-8-21(9-7-20)19(23)16-3-2-10-25-16/h2-5,10-12H,6-9H2,1H3. The van der Waals surface area contributed by atoms with Crippen molar-refractivity contribution in [3.05, 3.63) is 58.0 Å². The lowest BCUT2D eigenvalue weighted by Crippen LogP contribution is -2.49. The van der Waals surface area contributed by atoms with Crippen LogP contribution in [0.3, 0.4) is 0 Å². The van der Waals surface area contributed by atoms with E-state index in [2.05, 4.69) is 0 Å². The lowest BCUT2D eigenvalue weighted by molar-refractivity contribution is 0.0714. The molecule has 0 bridgehead atoms. The van der Waals surface area contributed by atoms with Gasteiger partial charge in [-0.25, -0.2) is 0 Å². The summed E-state index contributed by atoms with van der Waals surface area (Å²) >= 11 is 1.54. The summed E-state index contributed by atoms with van der Waals surface area (Å²) in [6.07, 6.45) is 1.50. The number of anilines is 1. The van der Waals surface area contributed by atoms with Crippen LogP contribution >= 0.6 is 11.3 Å². The number of carbonyl (C=O) groups is 1. The number of methoxy groups -OCH3 is 1. The summed E-state index contributed by atoms with van der Waals surface area (Å²) in [6.45, 7) is 2.34. The molecule has 0 unspecified atom stereocenters. The molecular formula is C19H18N2O4S. The third-order valence-corrected chi connectivity index (χ3v) is 5.55. The van der Waals surface area contributed by atoms with Crippen molar-refractivity contribution in [1.29, 1.82) is 0 Å². The molecule has 6 nitrogen and oxygen atoms in total.